The van der Waals surface area contributed by atoms with Gasteiger partial charge in [-0.25, -0.2) is 0 Å². The first kappa shape index (κ1) is 12.7. The van der Waals surface area contributed by atoms with Gasteiger partial charge in [0.1, 0.15) is 18.2 Å². The number of ether oxygens (including phenoxy) is 1. The minimum Gasteiger partial charge on any atom is -0.489 e. The summed E-state index contributed by atoms with van der Waals surface area (Å²) in [4.78, 5) is 4.42. The Morgan fingerprint density at radius 1 is 1.05 bits per heavy atom. The average molecular weight is 266 g/mol. The number of rotatable bonds is 4. The molecular formula is C17H18N2O. The second-order valence-electron chi connectivity index (χ2n) is 4.86. The molecule has 0 fully saturated rings. The highest BCUT2D eigenvalue weighted by Gasteiger charge is 2.06. The highest BCUT2D eigenvalue weighted by atomic mass is 16.5. The Balaban J connectivity index is 1.62. The Kier molecular flexibility index (Phi) is 3.97. The van der Waals surface area contributed by atoms with E-state index in [9.17, 15) is 0 Å². The van der Waals surface area contributed by atoms with E-state index in [1.165, 1.54) is 5.56 Å². The van der Waals surface area contributed by atoms with E-state index in [1.54, 1.807) is 0 Å². The van der Waals surface area contributed by atoms with Gasteiger partial charge in [0.05, 0.1) is 0 Å². The third-order valence-corrected chi connectivity index (χ3v) is 3.25. The predicted molar refractivity (Wildman–Crippen MR) is 82.4 cm³/mol. The smallest absolute Gasteiger partial charge is 0.121 e. The predicted octanol–water partition coefficient (Wildman–Crippen LogP) is 3.87. The SMILES string of the molecule is c1ccc(COc2cccc(NC3=NCCC3)c2)cc1. The lowest BCUT2D eigenvalue weighted by molar-refractivity contribution is 0.306. The van der Waals surface area contributed by atoms with Crippen LogP contribution in [-0.4, -0.2) is 12.4 Å². The van der Waals surface area contributed by atoms with E-state index in [0.717, 1.165) is 36.7 Å². The number of nitrogens with one attached hydrogen (secondary N) is 1. The van der Waals surface area contributed by atoms with Gasteiger partial charge in [-0.15, -0.1) is 0 Å². The molecule has 0 amide bonds. The van der Waals surface area contributed by atoms with E-state index in [4.69, 9.17) is 4.74 Å². The molecule has 0 unspecified atom stereocenters. The number of hydrogen-bond acceptors (Lipinski definition) is 3. The number of nitrogens with zero attached hydrogens (tertiary/aromatic N) is 1. The molecule has 3 nitrogen and oxygen atoms in total. The Morgan fingerprint density at radius 2 is 1.95 bits per heavy atom. The maximum absolute atomic E-state index is 5.82. The molecule has 1 aliphatic rings. The lowest BCUT2D eigenvalue weighted by atomic mass is 10.2. The van der Waals surface area contributed by atoms with E-state index in [0.29, 0.717) is 6.61 Å². The summed E-state index contributed by atoms with van der Waals surface area (Å²) in [7, 11) is 0. The minimum absolute atomic E-state index is 0.589. The van der Waals surface area contributed by atoms with Crippen LogP contribution in [0.2, 0.25) is 0 Å². The molecule has 0 bridgehead atoms. The lowest BCUT2D eigenvalue weighted by Crippen LogP contribution is -2.08. The normalized spacial score (nSPS) is 13.9. The van der Waals surface area contributed by atoms with E-state index in [1.807, 2.05) is 42.5 Å². The molecule has 0 saturated heterocycles. The van der Waals surface area contributed by atoms with Gasteiger partial charge in [-0.3, -0.25) is 4.99 Å². The van der Waals surface area contributed by atoms with Gasteiger partial charge in [0.2, 0.25) is 0 Å². The van der Waals surface area contributed by atoms with Crippen LogP contribution in [-0.2, 0) is 6.61 Å². The Labute approximate surface area is 119 Å². The molecule has 0 atom stereocenters. The van der Waals surface area contributed by atoms with E-state index in [2.05, 4.69) is 22.4 Å². The maximum Gasteiger partial charge on any atom is 0.121 e. The van der Waals surface area contributed by atoms with Gasteiger partial charge in [-0.1, -0.05) is 36.4 Å². The first-order valence-corrected chi connectivity index (χ1v) is 6.97. The van der Waals surface area contributed by atoms with Gasteiger partial charge in [0.15, 0.2) is 0 Å². The first-order chi connectivity index (χ1) is 9.90. The summed E-state index contributed by atoms with van der Waals surface area (Å²) >= 11 is 0. The fourth-order valence-electron chi connectivity index (χ4n) is 2.21. The lowest BCUT2D eigenvalue weighted by Gasteiger charge is -2.09. The number of hydrogen-bond donors (Lipinski definition) is 1. The summed E-state index contributed by atoms with van der Waals surface area (Å²) in [5.41, 5.74) is 2.21. The zero-order valence-corrected chi connectivity index (χ0v) is 11.4. The van der Waals surface area contributed by atoms with Crippen molar-refractivity contribution in [2.75, 3.05) is 11.9 Å². The van der Waals surface area contributed by atoms with Gasteiger partial charge >= 0.3 is 0 Å². The Morgan fingerprint density at radius 3 is 2.75 bits per heavy atom. The Hall–Kier alpha value is -2.29. The summed E-state index contributed by atoms with van der Waals surface area (Å²) in [6.07, 6.45) is 2.18. The van der Waals surface area contributed by atoms with Crippen LogP contribution < -0.4 is 10.1 Å². The third kappa shape index (κ3) is 3.38. The van der Waals surface area contributed by atoms with Crippen molar-refractivity contribution in [3.63, 3.8) is 0 Å². The molecule has 0 aromatic heterocycles. The molecular weight excluding hydrogens is 248 g/mol. The van der Waals surface area contributed by atoms with Crippen LogP contribution in [0.4, 0.5) is 5.69 Å². The molecule has 0 aliphatic carbocycles. The first-order valence-electron chi connectivity index (χ1n) is 6.97. The van der Waals surface area contributed by atoms with Crippen molar-refractivity contribution in [3.05, 3.63) is 60.2 Å². The molecule has 0 radical (unpaired) electrons. The van der Waals surface area contributed by atoms with E-state index in [-0.39, 0.29) is 0 Å². The molecule has 102 valence electrons. The van der Waals surface area contributed by atoms with Crippen LogP contribution in [0, 0.1) is 0 Å². The van der Waals surface area contributed by atoms with Crippen LogP contribution in [0.5, 0.6) is 5.75 Å². The van der Waals surface area contributed by atoms with Crippen LogP contribution in [0.15, 0.2) is 59.6 Å². The molecule has 2 aromatic carbocycles. The van der Waals surface area contributed by atoms with Crippen molar-refractivity contribution in [1.29, 1.82) is 0 Å². The topological polar surface area (TPSA) is 33.6 Å². The molecule has 2 aromatic rings. The van der Waals surface area contributed by atoms with Crippen LogP contribution >= 0.6 is 0 Å². The average Bonchev–Trinajstić information content (AvgIpc) is 3.00. The number of anilines is 1. The number of benzene rings is 2. The zero-order chi connectivity index (χ0) is 13.6. The van der Waals surface area contributed by atoms with Gasteiger partial charge < -0.3 is 10.1 Å². The molecule has 1 N–H and O–H groups in total. The monoisotopic (exact) mass is 266 g/mol. The number of aliphatic imine (C=N–C) groups is 1. The second kappa shape index (κ2) is 6.24. The standard InChI is InChI=1S/C17H18N2O/c1-2-6-14(7-3-1)13-20-16-9-4-8-15(12-16)19-17-10-5-11-18-17/h1-4,6-9,12H,5,10-11,13H2,(H,18,19). The van der Waals surface area contributed by atoms with E-state index >= 15 is 0 Å². The molecule has 3 rings (SSSR count). The summed E-state index contributed by atoms with van der Waals surface area (Å²) in [6, 6.07) is 18.2. The van der Waals surface area contributed by atoms with Gasteiger partial charge in [-0.05, 0) is 24.1 Å². The third-order valence-electron chi connectivity index (χ3n) is 3.25. The van der Waals surface area contributed by atoms with Gasteiger partial charge in [0.25, 0.3) is 0 Å². The highest BCUT2D eigenvalue weighted by Crippen LogP contribution is 2.19. The molecule has 1 heterocycles. The maximum atomic E-state index is 5.82. The molecule has 1 aliphatic heterocycles. The number of amidine groups is 1. The Bertz CT molecular complexity index is 593. The van der Waals surface area contributed by atoms with Gasteiger partial charge in [0, 0.05) is 24.7 Å². The van der Waals surface area contributed by atoms with Crippen molar-refractivity contribution >= 4 is 11.5 Å². The summed E-state index contributed by atoms with van der Waals surface area (Å²) in [5, 5.41) is 3.35. The second-order valence-corrected chi connectivity index (χ2v) is 4.86. The van der Waals surface area contributed by atoms with Crippen LogP contribution in [0.25, 0.3) is 0 Å². The molecule has 3 heteroatoms. The highest BCUT2D eigenvalue weighted by molar-refractivity contribution is 5.96. The van der Waals surface area contributed by atoms with Crippen LogP contribution in [0.3, 0.4) is 0 Å². The fraction of sp³-hybridized carbons (Fsp3) is 0.235. The molecule has 0 saturated carbocycles. The fourth-order valence-corrected chi connectivity index (χ4v) is 2.21. The van der Waals surface area contributed by atoms with Crippen molar-refractivity contribution in [1.82, 2.24) is 0 Å². The zero-order valence-electron chi connectivity index (χ0n) is 11.4. The van der Waals surface area contributed by atoms with E-state index < -0.39 is 0 Å². The quantitative estimate of drug-likeness (QED) is 0.911. The molecule has 0 spiro atoms. The van der Waals surface area contributed by atoms with Crippen molar-refractivity contribution in [2.24, 2.45) is 4.99 Å². The summed E-state index contributed by atoms with van der Waals surface area (Å²) < 4.78 is 5.82. The van der Waals surface area contributed by atoms with Crippen molar-refractivity contribution in [2.45, 2.75) is 19.4 Å². The molecule has 20 heavy (non-hydrogen) atoms. The van der Waals surface area contributed by atoms with Crippen molar-refractivity contribution < 1.29 is 4.74 Å². The van der Waals surface area contributed by atoms with Crippen LogP contribution in [0.1, 0.15) is 18.4 Å². The largest absolute Gasteiger partial charge is 0.489 e. The summed E-state index contributed by atoms with van der Waals surface area (Å²) in [5.74, 6) is 1.95. The van der Waals surface area contributed by atoms with Gasteiger partial charge in [-0.2, -0.15) is 0 Å². The summed E-state index contributed by atoms with van der Waals surface area (Å²) in [6.45, 7) is 1.53. The van der Waals surface area contributed by atoms with Crippen molar-refractivity contribution in [3.8, 4) is 5.75 Å². The minimum atomic E-state index is 0.589.